The first-order valence-corrected chi connectivity index (χ1v) is 5.46. The molecule has 2 heterocycles. The number of aromatic nitrogens is 4. The molecule has 1 fully saturated rings. The van der Waals surface area contributed by atoms with Crippen LogP contribution in [0.2, 0.25) is 0 Å². The van der Waals surface area contributed by atoms with E-state index in [-0.39, 0.29) is 6.04 Å². The summed E-state index contributed by atoms with van der Waals surface area (Å²) < 4.78 is 2.03. The van der Waals surface area contributed by atoms with Gasteiger partial charge in [-0.1, -0.05) is 0 Å². The van der Waals surface area contributed by atoms with Crippen molar-refractivity contribution in [2.45, 2.75) is 31.3 Å². The van der Waals surface area contributed by atoms with Gasteiger partial charge in [0.05, 0.1) is 12.4 Å². The van der Waals surface area contributed by atoms with E-state index in [9.17, 15) is 0 Å². The van der Waals surface area contributed by atoms with Crippen LogP contribution in [0.1, 0.15) is 25.3 Å². The van der Waals surface area contributed by atoms with E-state index in [4.69, 9.17) is 11.5 Å². The number of nitrogen functional groups attached to an aromatic ring is 1. The number of anilines is 1. The normalized spacial score (nSPS) is 25.3. The van der Waals surface area contributed by atoms with E-state index in [0.29, 0.717) is 17.4 Å². The average molecular weight is 218 g/mol. The second-order valence-electron chi connectivity index (χ2n) is 4.25. The Bertz CT molecular complexity index is 519. The molecule has 84 valence electrons. The number of hydrogen-bond acceptors (Lipinski definition) is 5. The van der Waals surface area contributed by atoms with Crippen molar-refractivity contribution in [3.05, 3.63) is 12.7 Å². The molecule has 0 radical (unpaired) electrons. The van der Waals surface area contributed by atoms with Crippen molar-refractivity contribution >= 4 is 17.0 Å². The summed E-state index contributed by atoms with van der Waals surface area (Å²) in [6, 6.07) is 0.480. The molecule has 2 aromatic heterocycles. The molecule has 0 spiro atoms. The van der Waals surface area contributed by atoms with Gasteiger partial charge in [-0.15, -0.1) is 0 Å². The van der Waals surface area contributed by atoms with Crippen molar-refractivity contribution in [3.63, 3.8) is 0 Å². The Kier molecular flexibility index (Phi) is 2.03. The zero-order valence-electron chi connectivity index (χ0n) is 8.87. The van der Waals surface area contributed by atoms with Crippen LogP contribution in [0.4, 0.5) is 5.82 Å². The maximum Gasteiger partial charge on any atom is 0.165 e. The molecule has 0 saturated heterocycles. The molecule has 0 aliphatic heterocycles. The van der Waals surface area contributed by atoms with Gasteiger partial charge in [0.25, 0.3) is 0 Å². The number of fused-ring (bicyclic) bond motifs is 1. The van der Waals surface area contributed by atoms with Gasteiger partial charge in [0.1, 0.15) is 11.8 Å². The molecule has 2 aromatic rings. The molecule has 1 saturated carbocycles. The molecular weight excluding hydrogens is 204 g/mol. The SMILES string of the molecule is Nc1ncnc2c1ncn2[C@@H]1CCC[C@H]1N. The summed E-state index contributed by atoms with van der Waals surface area (Å²) in [6.45, 7) is 0. The second kappa shape index (κ2) is 3.41. The van der Waals surface area contributed by atoms with Gasteiger partial charge in [-0.25, -0.2) is 15.0 Å². The molecule has 0 bridgehead atoms. The smallest absolute Gasteiger partial charge is 0.165 e. The van der Waals surface area contributed by atoms with Crippen molar-refractivity contribution in [1.29, 1.82) is 0 Å². The lowest BCUT2D eigenvalue weighted by molar-refractivity contribution is 0.470. The highest BCUT2D eigenvalue weighted by molar-refractivity contribution is 5.81. The van der Waals surface area contributed by atoms with Crippen LogP contribution in [0, 0.1) is 0 Å². The lowest BCUT2D eigenvalue weighted by Gasteiger charge is -2.17. The van der Waals surface area contributed by atoms with Gasteiger partial charge in [-0.05, 0) is 19.3 Å². The summed E-state index contributed by atoms with van der Waals surface area (Å²) >= 11 is 0. The third-order valence-corrected chi connectivity index (χ3v) is 3.28. The van der Waals surface area contributed by atoms with Crippen LogP contribution in [0.3, 0.4) is 0 Å². The van der Waals surface area contributed by atoms with E-state index in [1.807, 2.05) is 4.57 Å². The fourth-order valence-corrected chi connectivity index (χ4v) is 2.43. The maximum atomic E-state index is 6.08. The van der Waals surface area contributed by atoms with Gasteiger partial charge in [-0.3, -0.25) is 0 Å². The average Bonchev–Trinajstić information content (AvgIpc) is 2.84. The quantitative estimate of drug-likeness (QED) is 0.725. The number of rotatable bonds is 1. The molecule has 0 amide bonds. The van der Waals surface area contributed by atoms with E-state index in [1.54, 1.807) is 6.33 Å². The molecule has 2 atom stereocenters. The molecular formula is C10H14N6. The minimum atomic E-state index is 0.189. The predicted octanol–water partition coefficient (Wildman–Crippen LogP) is 0.461. The zero-order chi connectivity index (χ0) is 11.1. The molecule has 1 aliphatic rings. The fraction of sp³-hybridized carbons (Fsp3) is 0.500. The highest BCUT2D eigenvalue weighted by Gasteiger charge is 2.27. The maximum absolute atomic E-state index is 6.08. The van der Waals surface area contributed by atoms with E-state index in [1.165, 1.54) is 6.33 Å². The van der Waals surface area contributed by atoms with Crippen molar-refractivity contribution in [2.75, 3.05) is 5.73 Å². The Morgan fingerprint density at radius 1 is 1.25 bits per heavy atom. The minimum absolute atomic E-state index is 0.189. The molecule has 0 aromatic carbocycles. The number of imidazole rings is 1. The fourth-order valence-electron chi connectivity index (χ4n) is 2.43. The van der Waals surface area contributed by atoms with Crippen molar-refractivity contribution < 1.29 is 0 Å². The van der Waals surface area contributed by atoms with Crippen LogP contribution >= 0.6 is 0 Å². The summed E-state index contributed by atoms with van der Waals surface area (Å²) in [5.41, 5.74) is 13.3. The Labute approximate surface area is 92.7 Å². The van der Waals surface area contributed by atoms with Crippen LogP contribution < -0.4 is 11.5 Å². The van der Waals surface area contributed by atoms with Gasteiger partial charge in [0, 0.05) is 6.04 Å². The third kappa shape index (κ3) is 1.26. The van der Waals surface area contributed by atoms with Gasteiger partial charge in [-0.2, -0.15) is 0 Å². The van der Waals surface area contributed by atoms with Gasteiger partial charge in [0.15, 0.2) is 11.5 Å². The van der Waals surface area contributed by atoms with E-state index in [2.05, 4.69) is 15.0 Å². The largest absolute Gasteiger partial charge is 0.382 e. The monoisotopic (exact) mass is 218 g/mol. The highest BCUT2D eigenvalue weighted by Crippen LogP contribution is 2.31. The molecule has 6 nitrogen and oxygen atoms in total. The highest BCUT2D eigenvalue weighted by atomic mass is 15.2. The summed E-state index contributed by atoms with van der Waals surface area (Å²) in [5, 5.41) is 0. The van der Waals surface area contributed by atoms with Crippen molar-refractivity contribution in [2.24, 2.45) is 5.73 Å². The first-order valence-electron chi connectivity index (χ1n) is 5.46. The van der Waals surface area contributed by atoms with Gasteiger partial charge in [0.2, 0.25) is 0 Å². The van der Waals surface area contributed by atoms with Crippen molar-refractivity contribution in [1.82, 2.24) is 19.5 Å². The van der Waals surface area contributed by atoms with Gasteiger partial charge >= 0.3 is 0 Å². The Balaban J connectivity index is 2.14. The molecule has 6 heteroatoms. The Morgan fingerprint density at radius 3 is 2.88 bits per heavy atom. The lowest BCUT2D eigenvalue weighted by Crippen LogP contribution is -2.26. The van der Waals surface area contributed by atoms with Crippen LogP contribution in [0.15, 0.2) is 12.7 Å². The molecule has 4 N–H and O–H groups in total. The van der Waals surface area contributed by atoms with Crippen LogP contribution in [-0.2, 0) is 0 Å². The topological polar surface area (TPSA) is 95.6 Å². The second-order valence-corrected chi connectivity index (χ2v) is 4.25. The molecule has 3 rings (SSSR count). The standard InChI is InChI=1S/C10H14N6/c11-6-2-1-3-7(6)16-5-15-8-9(12)13-4-14-10(8)16/h4-7H,1-3,11H2,(H2,12,13,14)/t6-,7-/m1/s1. The summed E-state index contributed by atoms with van der Waals surface area (Å²) in [5.74, 6) is 0.426. The van der Waals surface area contributed by atoms with Crippen molar-refractivity contribution in [3.8, 4) is 0 Å². The first-order chi connectivity index (χ1) is 7.77. The van der Waals surface area contributed by atoms with Crippen LogP contribution in [0.5, 0.6) is 0 Å². The summed E-state index contributed by atoms with van der Waals surface area (Å²) in [7, 11) is 0. The van der Waals surface area contributed by atoms with Gasteiger partial charge < -0.3 is 16.0 Å². The van der Waals surface area contributed by atoms with Crippen LogP contribution in [-0.4, -0.2) is 25.6 Å². The summed E-state index contributed by atoms with van der Waals surface area (Å²) in [4.78, 5) is 12.4. The van der Waals surface area contributed by atoms with Crippen LogP contribution in [0.25, 0.3) is 11.2 Å². The Hall–Kier alpha value is -1.69. The predicted molar refractivity (Wildman–Crippen MR) is 60.6 cm³/mol. The van der Waals surface area contributed by atoms with E-state index in [0.717, 1.165) is 24.9 Å². The molecule has 1 aliphatic carbocycles. The molecule has 16 heavy (non-hydrogen) atoms. The number of hydrogen-bond donors (Lipinski definition) is 2. The number of nitrogens with two attached hydrogens (primary N) is 2. The van der Waals surface area contributed by atoms with E-state index < -0.39 is 0 Å². The Morgan fingerprint density at radius 2 is 2.12 bits per heavy atom. The number of nitrogens with zero attached hydrogens (tertiary/aromatic N) is 4. The third-order valence-electron chi connectivity index (χ3n) is 3.28. The summed E-state index contributed by atoms with van der Waals surface area (Å²) in [6.07, 6.45) is 6.54. The first kappa shape index (κ1) is 9.53. The lowest BCUT2D eigenvalue weighted by atomic mass is 10.2. The molecule has 0 unspecified atom stereocenters. The minimum Gasteiger partial charge on any atom is -0.382 e. The zero-order valence-corrected chi connectivity index (χ0v) is 8.87. The van der Waals surface area contributed by atoms with E-state index >= 15 is 0 Å².